The Hall–Kier alpha value is -2.08. The number of anilines is 1. The fraction of sp³-hybridized carbons (Fsp3) is 0.529. The summed E-state index contributed by atoms with van der Waals surface area (Å²) in [5.41, 5.74) is 2.48. The van der Waals surface area contributed by atoms with Gasteiger partial charge in [-0.1, -0.05) is 6.07 Å². The molecule has 1 aliphatic rings. The number of aliphatic hydroxyl groups excluding tert-OH is 1. The van der Waals surface area contributed by atoms with Gasteiger partial charge in [0.2, 0.25) is 5.91 Å². The number of carbonyl (C=O) groups excluding carboxylic acids is 2. The minimum Gasteiger partial charge on any atom is -0.394 e. The third kappa shape index (κ3) is 4.22. The van der Waals surface area contributed by atoms with Gasteiger partial charge >= 0.3 is 6.03 Å². The molecule has 1 aliphatic heterocycles. The number of aryl methyl sites for hydroxylation is 2. The highest BCUT2D eigenvalue weighted by Crippen LogP contribution is 2.24. The van der Waals surface area contributed by atoms with Crippen molar-refractivity contribution in [2.45, 2.75) is 45.7 Å². The van der Waals surface area contributed by atoms with Crippen molar-refractivity contribution < 1.29 is 14.7 Å². The highest BCUT2D eigenvalue weighted by molar-refractivity contribution is 5.97. The second-order valence-electron chi connectivity index (χ2n) is 6.81. The molecule has 2 rings (SSSR count). The van der Waals surface area contributed by atoms with Crippen LogP contribution in [-0.4, -0.2) is 41.8 Å². The Kier molecular flexibility index (Phi) is 4.94. The summed E-state index contributed by atoms with van der Waals surface area (Å²) < 4.78 is 0. The Bertz CT molecular complexity index is 613. The molecule has 1 unspecified atom stereocenters. The van der Waals surface area contributed by atoms with Crippen molar-refractivity contribution in [2.24, 2.45) is 0 Å². The molecule has 0 saturated carbocycles. The number of hydrogen-bond acceptors (Lipinski definition) is 3. The molecule has 0 bridgehead atoms. The van der Waals surface area contributed by atoms with Gasteiger partial charge in [0, 0.05) is 18.7 Å². The first-order valence-electron chi connectivity index (χ1n) is 7.79. The Morgan fingerprint density at radius 2 is 2.04 bits per heavy atom. The summed E-state index contributed by atoms with van der Waals surface area (Å²) in [5.74, 6) is -0.0000264. The van der Waals surface area contributed by atoms with Crippen LogP contribution in [0.5, 0.6) is 0 Å². The van der Waals surface area contributed by atoms with E-state index in [2.05, 4.69) is 10.6 Å². The standard InChI is InChI=1S/C17H25N3O3/c1-11-5-6-14(7-12(11)2)20-9-13(8-15(20)22)18-16(23)19-17(3,4)10-21/h5-7,13,21H,8-10H2,1-4H3,(H2,18,19,23). The van der Waals surface area contributed by atoms with Gasteiger partial charge in [0.25, 0.3) is 0 Å². The van der Waals surface area contributed by atoms with Crippen LogP contribution in [0.4, 0.5) is 10.5 Å². The van der Waals surface area contributed by atoms with E-state index >= 15 is 0 Å². The van der Waals surface area contributed by atoms with E-state index in [1.54, 1.807) is 18.7 Å². The average Bonchev–Trinajstić information content (AvgIpc) is 2.81. The maximum Gasteiger partial charge on any atom is 0.315 e. The summed E-state index contributed by atoms with van der Waals surface area (Å²) in [6, 6.07) is 5.31. The van der Waals surface area contributed by atoms with E-state index in [-0.39, 0.29) is 31.0 Å². The van der Waals surface area contributed by atoms with E-state index in [1.807, 2.05) is 32.0 Å². The second-order valence-corrected chi connectivity index (χ2v) is 6.81. The molecule has 3 amide bonds. The topological polar surface area (TPSA) is 81.7 Å². The number of aliphatic hydroxyl groups is 1. The van der Waals surface area contributed by atoms with Gasteiger partial charge < -0.3 is 20.6 Å². The van der Waals surface area contributed by atoms with Crippen LogP contribution in [0.25, 0.3) is 0 Å². The summed E-state index contributed by atoms with van der Waals surface area (Å²) in [7, 11) is 0. The van der Waals surface area contributed by atoms with Gasteiger partial charge in [-0.15, -0.1) is 0 Å². The van der Waals surface area contributed by atoms with Crippen molar-refractivity contribution in [2.75, 3.05) is 18.1 Å². The molecule has 23 heavy (non-hydrogen) atoms. The highest BCUT2D eigenvalue weighted by atomic mass is 16.3. The molecule has 1 aromatic rings. The van der Waals surface area contributed by atoms with Gasteiger partial charge in [-0.25, -0.2) is 4.79 Å². The first-order chi connectivity index (χ1) is 10.7. The number of benzene rings is 1. The van der Waals surface area contributed by atoms with Gasteiger partial charge in [-0.3, -0.25) is 4.79 Å². The van der Waals surface area contributed by atoms with Crippen LogP contribution in [0.15, 0.2) is 18.2 Å². The second kappa shape index (κ2) is 6.58. The third-order valence-electron chi connectivity index (χ3n) is 4.11. The molecule has 0 aliphatic carbocycles. The number of hydrogen-bond donors (Lipinski definition) is 3. The maximum absolute atomic E-state index is 12.2. The lowest BCUT2D eigenvalue weighted by Gasteiger charge is -2.25. The summed E-state index contributed by atoms with van der Waals surface area (Å²) in [6.07, 6.45) is 0.278. The number of rotatable bonds is 4. The molecule has 126 valence electrons. The van der Waals surface area contributed by atoms with E-state index in [9.17, 15) is 14.7 Å². The van der Waals surface area contributed by atoms with Gasteiger partial charge in [0.1, 0.15) is 0 Å². The molecular weight excluding hydrogens is 294 g/mol. The molecule has 0 aromatic heterocycles. The summed E-state index contributed by atoms with van der Waals surface area (Å²) >= 11 is 0. The quantitative estimate of drug-likeness (QED) is 0.786. The third-order valence-corrected chi connectivity index (χ3v) is 4.11. The molecule has 6 heteroatoms. The minimum atomic E-state index is -0.694. The number of amides is 3. The van der Waals surface area contributed by atoms with E-state index < -0.39 is 5.54 Å². The fourth-order valence-corrected chi connectivity index (χ4v) is 2.52. The first-order valence-corrected chi connectivity index (χ1v) is 7.79. The number of nitrogens with one attached hydrogen (secondary N) is 2. The zero-order valence-corrected chi connectivity index (χ0v) is 14.1. The SMILES string of the molecule is Cc1ccc(N2CC(NC(=O)NC(C)(C)CO)CC2=O)cc1C. The number of carbonyl (C=O) groups is 2. The monoisotopic (exact) mass is 319 g/mol. The molecule has 1 atom stereocenters. The average molecular weight is 319 g/mol. The fourth-order valence-electron chi connectivity index (χ4n) is 2.52. The van der Waals surface area contributed by atoms with E-state index in [0.29, 0.717) is 6.54 Å². The van der Waals surface area contributed by atoms with Crippen molar-refractivity contribution in [1.29, 1.82) is 0 Å². The van der Waals surface area contributed by atoms with E-state index in [0.717, 1.165) is 11.3 Å². The van der Waals surface area contributed by atoms with Crippen molar-refractivity contribution >= 4 is 17.6 Å². The van der Waals surface area contributed by atoms with Gasteiger partial charge in [-0.2, -0.15) is 0 Å². The molecule has 1 fully saturated rings. The Morgan fingerprint density at radius 1 is 1.35 bits per heavy atom. The lowest BCUT2D eigenvalue weighted by molar-refractivity contribution is -0.117. The largest absolute Gasteiger partial charge is 0.394 e. The van der Waals surface area contributed by atoms with Crippen LogP contribution in [-0.2, 0) is 4.79 Å². The van der Waals surface area contributed by atoms with Crippen molar-refractivity contribution in [3.8, 4) is 0 Å². The van der Waals surface area contributed by atoms with Gasteiger partial charge in [-0.05, 0) is 51.0 Å². The molecule has 1 heterocycles. The van der Waals surface area contributed by atoms with Crippen molar-refractivity contribution in [3.63, 3.8) is 0 Å². The normalized spacial score (nSPS) is 18.2. The van der Waals surface area contributed by atoms with Crippen LogP contribution in [0.1, 0.15) is 31.4 Å². The molecule has 1 aromatic carbocycles. The minimum absolute atomic E-state index is 0.0000264. The van der Waals surface area contributed by atoms with Gasteiger partial charge in [0.05, 0.1) is 18.2 Å². The molecule has 6 nitrogen and oxygen atoms in total. The van der Waals surface area contributed by atoms with Crippen LogP contribution in [0, 0.1) is 13.8 Å². The molecule has 0 spiro atoms. The Labute approximate surface area is 136 Å². The predicted octanol–water partition coefficient (Wildman–Crippen LogP) is 1.48. The summed E-state index contributed by atoms with van der Waals surface area (Å²) in [5, 5.41) is 14.7. The lowest BCUT2D eigenvalue weighted by Crippen LogP contribution is -2.53. The highest BCUT2D eigenvalue weighted by Gasteiger charge is 2.32. The number of nitrogens with zero attached hydrogens (tertiary/aromatic N) is 1. The Balaban J connectivity index is 1.99. The molecular formula is C17H25N3O3. The van der Waals surface area contributed by atoms with Crippen LogP contribution >= 0.6 is 0 Å². The van der Waals surface area contributed by atoms with E-state index in [1.165, 1.54) is 5.56 Å². The van der Waals surface area contributed by atoms with Crippen LogP contribution < -0.4 is 15.5 Å². The van der Waals surface area contributed by atoms with Crippen LogP contribution in [0.3, 0.4) is 0 Å². The summed E-state index contributed by atoms with van der Waals surface area (Å²) in [6.45, 7) is 7.80. The van der Waals surface area contributed by atoms with Crippen molar-refractivity contribution in [3.05, 3.63) is 29.3 Å². The molecule has 1 saturated heterocycles. The zero-order valence-electron chi connectivity index (χ0n) is 14.1. The van der Waals surface area contributed by atoms with E-state index in [4.69, 9.17) is 0 Å². The maximum atomic E-state index is 12.2. The van der Waals surface area contributed by atoms with Gasteiger partial charge in [0.15, 0.2) is 0 Å². The molecule has 3 N–H and O–H groups in total. The summed E-state index contributed by atoms with van der Waals surface area (Å²) in [4.78, 5) is 25.9. The zero-order chi connectivity index (χ0) is 17.2. The number of urea groups is 1. The lowest BCUT2D eigenvalue weighted by atomic mass is 10.1. The van der Waals surface area contributed by atoms with Crippen molar-refractivity contribution in [1.82, 2.24) is 10.6 Å². The van der Waals surface area contributed by atoms with Crippen LogP contribution in [0.2, 0.25) is 0 Å². The Morgan fingerprint density at radius 3 is 2.65 bits per heavy atom. The molecule has 0 radical (unpaired) electrons. The smallest absolute Gasteiger partial charge is 0.315 e. The predicted molar refractivity (Wildman–Crippen MR) is 89.5 cm³/mol. The first kappa shape index (κ1) is 17.3.